The summed E-state index contributed by atoms with van der Waals surface area (Å²) in [6.45, 7) is 8.02. The zero-order valence-electron chi connectivity index (χ0n) is 19.1. The number of rotatable bonds is 6. The average molecular weight is 450 g/mol. The zero-order chi connectivity index (χ0) is 22.7. The maximum atomic E-state index is 4.76. The van der Waals surface area contributed by atoms with Crippen molar-refractivity contribution in [2.24, 2.45) is 4.99 Å². The maximum Gasteiger partial charge on any atom is 0.241 e. The number of aliphatic imine (C=N–C) groups is 1. The van der Waals surface area contributed by atoms with Gasteiger partial charge in [0.1, 0.15) is 0 Å². The molecule has 1 fully saturated rings. The minimum absolute atomic E-state index is 0.389. The number of pyridine rings is 1. The highest BCUT2D eigenvalue weighted by Gasteiger charge is 2.22. The van der Waals surface area contributed by atoms with Crippen molar-refractivity contribution in [2.45, 2.75) is 65.5 Å². The van der Waals surface area contributed by atoms with Gasteiger partial charge in [-0.25, -0.2) is 9.50 Å². The van der Waals surface area contributed by atoms with E-state index in [0.717, 1.165) is 65.2 Å². The van der Waals surface area contributed by atoms with Gasteiger partial charge in [-0.15, -0.1) is 17.7 Å². The molecule has 0 unspecified atom stereocenters. The first-order valence-corrected chi connectivity index (χ1v) is 11.6. The lowest BCUT2D eigenvalue weighted by Gasteiger charge is -2.30. The fourth-order valence-corrected chi connectivity index (χ4v) is 4.24. The second kappa shape index (κ2) is 9.73. The quantitative estimate of drug-likeness (QED) is 0.351. The molecule has 0 bridgehead atoms. The van der Waals surface area contributed by atoms with Gasteiger partial charge >= 0.3 is 0 Å². The Morgan fingerprint density at radius 3 is 2.56 bits per heavy atom. The van der Waals surface area contributed by atoms with Crippen LogP contribution in [0.4, 0.5) is 11.6 Å². The van der Waals surface area contributed by atoms with Crippen LogP contribution in [0, 0.1) is 6.92 Å². The van der Waals surface area contributed by atoms with Gasteiger partial charge in [-0.3, -0.25) is 9.98 Å². The molecule has 3 aromatic rings. The van der Waals surface area contributed by atoms with Crippen LogP contribution in [-0.4, -0.2) is 37.4 Å². The second-order valence-electron chi connectivity index (χ2n) is 8.65. The topological polar surface area (TPSA) is 79.5 Å². The SMILES string of the molecule is CC(C)=Nc1ccc(-c2ccn3nc(NC4CCC(N/C(C)=C/S)CC4)ncc23)nc1C. The fourth-order valence-electron chi connectivity index (χ4n) is 4.17. The third-order valence-corrected chi connectivity index (χ3v) is 6.17. The number of hydrogen-bond acceptors (Lipinski definition) is 7. The summed E-state index contributed by atoms with van der Waals surface area (Å²) in [5.74, 6) is 0.662. The number of anilines is 1. The average Bonchev–Trinajstić information content (AvgIpc) is 3.19. The predicted octanol–water partition coefficient (Wildman–Crippen LogP) is 5.32. The summed E-state index contributed by atoms with van der Waals surface area (Å²) >= 11 is 4.21. The van der Waals surface area contributed by atoms with Crippen molar-refractivity contribution in [3.05, 3.63) is 47.4 Å². The van der Waals surface area contributed by atoms with Crippen LogP contribution in [0.3, 0.4) is 0 Å². The smallest absolute Gasteiger partial charge is 0.241 e. The van der Waals surface area contributed by atoms with Crippen molar-refractivity contribution >= 4 is 35.5 Å². The van der Waals surface area contributed by atoms with E-state index in [-0.39, 0.29) is 0 Å². The van der Waals surface area contributed by atoms with Gasteiger partial charge in [0.05, 0.1) is 28.8 Å². The van der Waals surface area contributed by atoms with Crippen molar-refractivity contribution in [1.29, 1.82) is 0 Å². The third-order valence-electron chi connectivity index (χ3n) is 5.78. The van der Waals surface area contributed by atoms with Gasteiger partial charge in [0.25, 0.3) is 0 Å². The summed E-state index contributed by atoms with van der Waals surface area (Å²) in [6, 6.07) is 6.97. The molecule has 8 heteroatoms. The summed E-state index contributed by atoms with van der Waals surface area (Å²) in [4.78, 5) is 13.9. The Balaban J connectivity index is 1.46. The van der Waals surface area contributed by atoms with Crippen molar-refractivity contribution in [1.82, 2.24) is 24.9 Å². The molecule has 4 rings (SSSR count). The highest BCUT2D eigenvalue weighted by atomic mass is 32.1. The summed E-state index contributed by atoms with van der Waals surface area (Å²) in [5, 5.41) is 13.5. The van der Waals surface area contributed by atoms with Crippen LogP contribution in [0.2, 0.25) is 0 Å². The first-order chi connectivity index (χ1) is 15.4. The van der Waals surface area contributed by atoms with Crippen LogP contribution in [-0.2, 0) is 0 Å². The number of aromatic nitrogens is 4. The number of allylic oxidation sites excluding steroid dienone is 1. The van der Waals surface area contributed by atoms with E-state index in [4.69, 9.17) is 4.98 Å². The number of nitrogens with one attached hydrogen (secondary N) is 2. The molecule has 7 nitrogen and oxygen atoms in total. The van der Waals surface area contributed by atoms with Crippen LogP contribution in [0.1, 0.15) is 52.1 Å². The van der Waals surface area contributed by atoms with E-state index in [9.17, 15) is 0 Å². The largest absolute Gasteiger partial charge is 0.385 e. The van der Waals surface area contributed by atoms with Crippen LogP contribution < -0.4 is 10.6 Å². The van der Waals surface area contributed by atoms with E-state index < -0.39 is 0 Å². The Labute approximate surface area is 194 Å². The van der Waals surface area contributed by atoms with Crippen molar-refractivity contribution in [3.63, 3.8) is 0 Å². The Hall–Kier alpha value is -2.87. The molecular weight excluding hydrogens is 418 g/mol. The molecule has 0 saturated heterocycles. The third kappa shape index (κ3) is 5.12. The molecule has 168 valence electrons. The second-order valence-corrected chi connectivity index (χ2v) is 8.91. The highest BCUT2D eigenvalue weighted by Crippen LogP contribution is 2.28. The van der Waals surface area contributed by atoms with Gasteiger partial charge < -0.3 is 10.6 Å². The Morgan fingerprint density at radius 1 is 1.12 bits per heavy atom. The first-order valence-electron chi connectivity index (χ1n) is 11.1. The molecule has 1 saturated carbocycles. The van der Waals surface area contributed by atoms with Crippen molar-refractivity contribution in [2.75, 3.05) is 5.32 Å². The van der Waals surface area contributed by atoms with E-state index in [1.807, 2.05) is 61.3 Å². The lowest BCUT2D eigenvalue weighted by Crippen LogP contribution is -2.36. The normalized spacial score (nSPS) is 19.1. The summed E-state index contributed by atoms with van der Waals surface area (Å²) < 4.78 is 1.87. The first kappa shape index (κ1) is 22.3. The molecule has 32 heavy (non-hydrogen) atoms. The Morgan fingerprint density at radius 2 is 1.88 bits per heavy atom. The van der Waals surface area contributed by atoms with Crippen molar-refractivity contribution < 1.29 is 0 Å². The van der Waals surface area contributed by atoms with Gasteiger partial charge in [-0.05, 0) is 77.0 Å². The van der Waals surface area contributed by atoms with Gasteiger partial charge in [0, 0.05) is 35.3 Å². The van der Waals surface area contributed by atoms with E-state index in [1.165, 1.54) is 0 Å². The zero-order valence-corrected chi connectivity index (χ0v) is 20.0. The van der Waals surface area contributed by atoms with Gasteiger partial charge in [0.2, 0.25) is 5.95 Å². The summed E-state index contributed by atoms with van der Waals surface area (Å²) in [7, 11) is 0. The molecule has 0 atom stereocenters. The van der Waals surface area contributed by atoms with Gasteiger partial charge in [0.15, 0.2) is 0 Å². The van der Waals surface area contributed by atoms with Crippen LogP contribution in [0.5, 0.6) is 0 Å². The van der Waals surface area contributed by atoms with E-state index in [0.29, 0.717) is 18.0 Å². The lowest BCUT2D eigenvalue weighted by molar-refractivity contribution is 0.372. The minimum Gasteiger partial charge on any atom is -0.385 e. The molecular formula is C24H31N7S. The number of fused-ring (bicyclic) bond motifs is 1. The molecule has 0 radical (unpaired) electrons. The molecule has 3 aromatic heterocycles. The van der Waals surface area contributed by atoms with E-state index >= 15 is 0 Å². The van der Waals surface area contributed by atoms with Gasteiger partial charge in [-0.2, -0.15) is 0 Å². The number of thiol groups is 1. The Bertz CT molecular complexity index is 1150. The summed E-state index contributed by atoms with van der Waals surface area (Å²) in [5.41, 5.74) is 6.80. The van der Waals surface area contributed by atoms with E-state index in [2.05, 4.69) is 45.3 Å². The number of nitrogens with zero attached hydrogens (tertiary/aromatic N) is 5. The van der Waals surface area contributed by atoms with Crippen LogP contribution >= 0.6 is 12.6 Å². The molecule has 0 spiro atoms. The van der Waals surface area contributed by atoms with Crippen LogP contribution in [0.15, 0.2) is 46.7 Å². The van der Waals surface area contributed by atoms with Crippen molar-refractivity contribution in [3.8, 4) is 11.3 Å². The molecule has 1 aliphatic rings. The molecule has 3 heterocycles. The number of hydrogen-bond donors (Lipinski definition) is 3. The predicted molar refractivity (Wildman–Crippen MR) is 135 cm³/mol. The number of aryl methyl sites for hydroxylation is 1. The van der Waals surface area contributed by atoms with Gasteiger partial charge in [-0.1, -0.05) is 0 Å². The highest BCUT2D eigenvalue weighted by molar-refractivity contribution is 7.83. The molecule has 0 aliphatic heterocycles. The van der Waals surface area contributed by atoms with E-state index in [1.54, 1.807) is 0 Å². The van der Waals surface area contributed by atoms with Crippen LogP contribution in [0.25, 0.3) is 16.8 Å². The minimum atomic E-state index is 0.389. The monoisotopic (exact) mass is 449 g/mol. The molecule has 2 N–H and O–H groups in total. The fraction of sp³-hybridized carbons (Fsp3) is 0.417. The lowest BCUT2D eigenvalue weighted by atomic mass is 9.91. The molecule has 0 aromatic carbocycles. The standard InChI is InChI=1S/C24H31N7S/c1-15(2)26-21-9-10-22(28-17(21)4)20-11-12-31-23(20)13-25-24(30-31)29-19-7-5-18(6-8-19)27-16(3)14-32/h9-14,18-19,27,32H,5-8H2,1-4H3,(H,29,30)/b16-14+. The summed E-state index contributed by atoms with van der Waals surface area (Å²) in [6.07, 6.45) is 8.25. The molecule has 1 aliphatic carbocycles. The Kier molecular flexibility index (Phi) is 6.79. The maximum absolute atomic E-state index is 4.76. The molecule has 0 amide bonds.